The molecule has 0 radical (unpaired) electrons. The van der Waals surface area contributed by atoms with Gasteiger partial charge in [0.2, 0.25) is 0 Å². The summed E-state index contributed by atoms with van der Waals surface area (Å²) < 4.78 is 12.7. The first kappa shape index (κ1) is 20.4. The standard InChI is InChI=1S/C28H27BrO2/c1-30-26-12-6-10-23-22-16-15-20-18(13-14-19-7-3-4-11-25(19)29)8-5-9-21(20)24(22)17-27(31-2)28(23)26/h3-4,6-7,10-12,15-18H,5,8-9,13-14H2,1-2H3. The molecule has 4 aromatic carbocycles. The summed E-state index contributed by atoms with van der Waals surface area (Å²) in [5.74, 6) is 2.36. The summed E-state index contributed by atoms with van der Waals surface area (Å²) in [6.07, 6.45) is 5.92. The maximum absolute atomic E-state index is 5.83. The number of aryl methyl sites for hydroxylation is 2. The molecule has 1 atom stereocenters. The van der Waals surface area contributed by atoms with Crippen molar-refractivity contribution in [2.75, 3.05) is 14.2 Å². The first-order valence-electron chi connectivity index (χ1n) is 11.0. The first-order chi connectivity index (χ1) is 15.2. The van der Waals surface area contributed by atoms with Crippen molar-refractivity contribution in [2.45, 2.75) is 38.0 Å². The third kappa shape index (κ3) is 3.59. The van der Waals surface area contributed by atoms with E-state index in [-0.39, 0.29) is 0 Å². The van der Waals surface area contributed by atoms with Crippen LogP contribution in [0.5, 0.6) is 11.5 Å². The van der Waals surface area contributed by atoms with Gasteiger partial charge in [-0.15, -0.1) is 0 Å². The fraction of sp³-hybridized carbons (Fsp3) is 0.286. The lowest BCUT2D eigenvalue weighted by Gasteiger charge is -2.28. The maximum Gasteiger partial charge on any atom is 0.131 e. The van der Waals surface area contributed by atoms with E-state index in [2.05, 4.69) is 70.5 Å². The van der Waals surface area contributed by atoms with E-state index in [0.717, 1.165) is 29.7 Å². The number of benzene rings is 4. The lowest BCUT2D eigenvalue weighted by atomic mass is 9.77. The van der Waals surface area contributed by atoms with Crippen molar-refractivity contribution in [1.82, 2.24) is 0 Å². The molecule has 0 N–H and O–H groups in total. The second-order valence-corrected chi connectivity index (χ2v) is 9.26. The molecule has 0 amide bonds. The SMILES string of the molecule is COc1cccc2c1c(OC)cc1c3c(ccc12)C(CCc1ccccc1Br)CCC3. The molecule has 3 heteroatoms. The summed E-state index contributed by atoms with van der Waals surface area (Å²) in [5, 5.41) is 4.88. The molecule has 0 fully saturated rings. The van der Waals surface area contributed by atoms with E-state index in [1.807, 2.05) is 6.07 Å². The van der Waals surface area contributed by atoms with E-state index in [9.17, 15) is 0 Å². The fourth-order valence-electron chi connectivity index (χ4n) is 5.30. The Morgan fingerprint density at radius 1 is 0.871 bits per heavy atom. The van der Waals surface area contributed by atoms with E-state index in [0.29, 0.717) is 5.92 Å². The molecule has 158 valence electrons. The maximum atomic E-state index is 5.83. The number of rotatable bonds is 5. The molecule has 4 aromatic rings. The Morgan fingerprint density at radius 2 is 1.71 bits per heavy atom. The molecule has 0 spiro atoms. The average Bonchev–Trinajstić information content (AvgIpc) is 2.82. The topological polar surface area (TPSA) is 18.5 Å². The molecule has 1 aliphatic rings. The van der Waals surface area contributed by atoms with Crippen LogP contribution in [0.3, 0.4) is 0 Å². The summed E-state index contributed by atoms with van der Waals surface area (Å²) in [6.45, 7) is 0. The Bertz CT molecular complexity index is 1260. The number of halogens is 1. The van der Waals surface area contributed by atoms with Crippen LogP contribution in [0.2, 0.25) is 0 Å². The van der Waals surface area contributed by atoms with E-state index in [1.54, 1.807) is 14.2 Å². The molecule has 1 unspecified atom stereocenters. The fourth-order valence-corrected chi connectivity index (χ4v) is 5.78. The van der Waals surface area contributed by atoms with E-state index in [1.165, 1.54) is 56.6 Å². The monoisotopic (exact) mass is 474 g/mol. The van der Waals surface area contributed by atoms with E-state index >= 15 is 0 Å². The van der Waals surface area contributed by atoms with Crippen molar-refractivity contribution in [1.29, 1.82) is 0 Å². The van der Waals surface area contributed by atoms with Gasteiger partial charge in [-0.05, 0) is 89.1 Å². The summed E-state index contributed by atoms with van der Waals surface area (Å²) in [4.78, 5) is 0. The van der Waals surface area contributed by atoms with Gasteiger partial charge in [0.1, 0.15) is 11.5 Å². The summed E-state index contributed by atoms with van der Waals surface area (Å²) in [6, 6.07) is 21.8. The average molecular weight is 475 g/mol. The Balaban J connectivity index is 1.60. The van der Waals surface area contributed by atoms with Crippen molar-refractivity contribution >= 4 is 37.5 Å². The molecule has 0 aromatic heterocycles. The molecule has 1 aliphatic carbocycles. The zero-order chi connectivity index (χ0) is 21.4. The van der Waals surface area contributed by atoms with Crippen molar-refractivity contribution in [3.8, 4) is 11.5 Å². The summed E-state index contributed by atoms with van der Waals surface area (Å²) >= 11 is 3.71. The zero-order valence-electron chi connectivity index (χ0n) is 18.1. The van der Waals surface area contributed by atoms with Gasteiger partial charge in [-0.3, -0.25) is 0 Å². The smallest absolute Gasteiger partial charge is 0.131 e. The molecular formula is C28H27BrO2. The largest absolute Gasteiger partial charge is 0.496 e. The van der Waals surface area contributed by atoms with Gasteiger partial charge in [0.25, 0.3) is 0 Å². The molecule has 0 heterocycles. The van der Waals surface area contributed by atoms with Gasteiger partial charge in [-0.2, -0.15) is 0 Å². The number of fused-ring (bicyclic) bond motifs is 5. The highest BCUT2D eigenvalue weighted by Crippen LogP contribution is 2.44. The first-order valence-corrected chi connectivity index (χ1v) is 11.8. The van der Waals surface area contributed by atoms with Crippen LogP contribution in [0.4, 0.5) is 0 Å². The van der Waals surface area contributed by atoms with Crippen LogP contribution < -0.4 is 9.47 Å². The molecule has 0 aliphatic heterocycles. The Kier molecular flexibility index (Phi) is 5.62. The molecule has 2 nitrogen and oxygen atoms in total. The van der Waals surface area contributed by atoms with Crippen molar-refractivity contribution in [2.24, 2.45) is 0 Å². The van der Waals surface area contributed by atoms with Gasteiger partial charge in [0.05, 0.1) is 19.6 Å². The minimum Gasteiger partial charge on any atom is -0.496 e. The predicted octanol–water partition coefficient (Wildman–Crippen LogP) is 7.83. The van der Waals surface area contributed by atoms with Gasteiger partial charge < -0.3 is 9.47 Å². The molecule has 0 saturated heterocycles. The van der Waals surface area contributed by atoms with Crippen LogP contribution in [-0.4, -0.2) is 14.2 Å². The quantitative estimate of drug-likeness (QED) is 0.274. The minimum atomic E-state index is 0.604. The van der Waals surface area contributed by atoms with Gasteiger partial charge in [0.15, 0.2) is 0 Å². The van der Waals surface area contributed by atoms with Crippen molar-refractivity contribution in [3.63, 3.8) is 0 Å². The second kappa shape index (κ2) is 8.55. The van der Waals surface area contributed by atoms with Crippen LogP contribution in [0.25, 0.3) is 21.5 Å². The third-order valence-electron chi connectivity index (χ3n) is 6.81. The molecule has 5 rings (SSSR count). The lowest BCUT2D eigenvalue weighted by Crippen LogP contribution is -2.11. The van der Waals surface area contributed by atoms with Crippen LogP contribution in [-0.2, 0) is 12.8 Å². The van der Waals surface area contributed by atoms with Gasteiger partial charge >= 0.3 is 0 Å². The predicted molar refractivity (Wildman–Crippen MR) is 133 cm³/mol. The number of hydrogen-bond acceptors (Lipinski definition) is 2. The minimum absolute atomic E-state index is 0.604. The van der Waals surface area contributed by atoms with Gasteiger partial charge in [0, 0.05) is 4.47 Å². The normalized spacial score (nSPS) is 15.8. The van der Waals surface area contributed by atoms with Gasteiger partial charge in [-0.1, -0.05) is 58.4 Å². The van der Waals surface area contributed by atoms with Crippen LogP contribution in [0.15, 0.2) is 65.1 Å². The van der Waals surface area contributed by atoms with E-state index < -0.39 is 0 Å². The highest BCUT2D eigenvalue weighted by Gasteiger charge is 2.23. The number of methoxy groups -OCH3 is 2. The number of hydrogen-bond donors (Lipinski definition) is 0. The van der Waals surface area contributed by atoms with Crippen LogP contribution >= 0.6 is 15.9 Å². The van der Waals surface area contributed by atoms with Gasteiger partial charge in [-0.25, -0.2) is 0 Å². The summed E-state index contributed by atoms with van der Waals surface area (Å²) in [7, 11) is 3.48. The Morgan fingerprint density at radius 3 is 2.52 bits per heavy atom. The molecule has 31 heavy (non-hydrogen) atoms. The molecular weight excluding hydrogens is 448 g/mol. The highest BCUT2D eigenvalue weighted by atomic mass is 79.9. The van der Waals surface area contributed by atoms with Crippen molar-refractivity contribution < 1.29 is 9.47 Å². The third-order valence-corrected chi connectivity index (χ3v) is 7.58. The van der Waals surface area contributed by atoms with Crippen molar-refractivity contribution in [3.05, 3.63) is 81.8 Å². The molecule has 0 bridgehead atoms. The second-order valence-electron chi connectivity index (χ2n) is 8.41. The number of ether oxygens (including phenoxy) is 2. The summed E-state index contributed by atoms with van der Waals surface area (Å²) in [5.41, 5.74) is 4.43. The lowest BCUT2D eigenvalue weighted by molar-refractivity contribution is 0.405. The molecule has 0 saturated carbocycles. The highest BCUT2D eigenvalue weighted by molar-refractivity contribution is 9.10. The van der Waals surface area contributed by atoms with E-state index in [4.69, 9.17) is 9.47 Å². The Labute approximate surface area is 192 Å². The Hall–Kier alpha value is -2.52. The zero-order valence-corrected chi connectivity index (χ0v) is 19.7. The van der Waals surface area contributed by atoms with Crippen LogP contribution in [0.1, 0.15) is 41.9 Å². The van der Waals surface area contributed by atoms with Crippen LogP contribution in [0, 0.1) is 0 Å².